The molecule has 6 fully saturated rings. The Labute approximate surface area is 778 Å². The van der Waals surface area contributed by atoms with Crippen molar-refractivity contribution in [2.75, 3.05) is 124 Å². The highest BCUT2D eigenvalue weighted by Gasteiger charge is 2.56. The SMILES string of the molecule is CC(C)(C)C#CC(C)(C)Cn1cc(CC(C)(C)C)nn1.CC(C)(C)CCCCCCCN1CCN(C(C)(C)C)CC1.CC(C)(C)CCCCCCn1cc(C2(C(C)(C)C)CC2)cn1.CC(C)(C)Cc1cn(CCCCCCN2CCN(C(C)(C)C)CC2)nn1.CC(C)(C)Cc1cn(CCN2CCN(C(C)(C)C)CC2)nn1.CC(C)(C)N1CC2(C1)CN(C(C)(C)C)C2. The number of aromatic nitrogens is 11. The van der Waals surface area contributed by atoms with E-state index in [1.165, 1.54) is 206 Å². The molecule has 6 aliphatic rings. The molecule has 9 heterocycles. The van der Waals surface area contributed by atoms with Gasteiger partial charge in [-0.1, -0.05) is 210 Å². The summed E-state index contributed by atoms with van der Waals surface area (Å²) in [6.07, 6.45) is 36.5. The maximum atomic E-state index is 4.61. The summed E-state index contributed by atoms with van der Waals surface area (Å²) in [6.45, 7) is 114. The van der Waals surface area contributed by atoms with Crippen LogP contribution in [0, 0.1) is 60.6 Å². The molecule has 19 nitrogen and oxygen atoms in total. The third-order valence-electron chi connectivity index (χ3n) is 26.3. The average molecular weight is 1760 g/mol. The lowest BCUT2D eigenvalue weighted by Crippen LogP contribution is -2.76. The third kappa shape index (κ3) is 45.1. The van der Waals surface area contributed by atoms with E-state index >= 15 is 0 Å². The molecule has 5 saturated heterocycles. The van der Waals surface area contributed by atoms with Crippen molar-refractivity contribution in [3.8, 4) is 11.8 Å². The number of nitrogens with zero attached hydrogens (tertiary/aromatic N) is 19. The maximum Gasteiger partial charge on any atom is 0.0832 e. The van der Waals surface area contributed by atoms with Crippen molar-refractivity contribution in [2.24, 2.45) is 48.7 Å². The fourth-order valence-corrected chi connectivity index (χ4v) is 17.9. The molecule has 0 unspecified atom stereocenters. The predicted octanol–water partition coefficient (Wildman–Crippen LogP) is 23.0. The van der Waals surface area contributed by atoms with Gasteiger partial charge in [-0.3, -0.25) is 48.1 Å². The molecule has 0 bridgehead atoms. The number of piperazine rings is 3. The zero-order valence-corrected chi connectivity index (χ0v) is 90.3. The molecule has 0 radical (unpaired) electrons. The molecule has 4 aromatic heterocycles. The summed E-state index contributed by atoms with van der Waals surface area (Å²) in [6, 6.07) is 0. The summed E-state index contributed by atoms with van der Waals surface area (Å²) < 4.78 is 8.10. The van der Waals surface area contributed by atoms with Gasteiger partial charge < -0.3 is 9.80 Å². The minimum absolute atomic E-state index is 0.0387. The summed E-state index contributed by atoms with van der Waals surface area (Å²) in [5.41, 5.74) is 9.58. The van der Waals surface area contributed by atoms with Gasteiger partial charge in [-0.2, -0.15) is 5.10 Å². The predicted molar refractivity (Wildman–Crippen MR) is 540 cm³/mol. The Morgan fingerprint density at radius 3 is 0.913 bits per heavy atom. The Kier molecular flexibility index (Phi) is 42.5. The minimum atomic E-state index is -0.0972. The van der Waals surface area contributed by atoms with Crippen molar-refractivity contribution in [3.63, 3.8) is 0 Å². The molecule has 0 amide bonds. The maximum absolute atomic E-state index is 4.61. The van der Waals surface area contributed by atoms with E-state index in [0.717, 1.165) is 95.2 Å². The zero-order valence-electron chi connectivity index (χ0n) is 90.3. The van der Waals surface area contributed by atoms with Gasteiger partial charge >= 0.3 is 0 Å². The molecule has 5 aliphatic heterocycles. The first-order valence-corrected chi connectivity index (χ1v) is 50.7. The van der Waals surface area contributed by atoms with Crippen molar-refractivity contribution >= 4 is 0 Å². The first kappa shape index (κ1) is 112. The fourth-order valence-electron chi connectivity index (χ4n) is 17.9. The Morgan fingerprint density at radius 2 is 0.595 bits per heavy atom. The number of likely N-dealkylation sites (tertiary alicyclic amines) is 2. The van der Waals surface area contributed by atoms with Crippen LogP contribution in [0.3, 0.4) is 0 Å². The molecule has 0 aromatic carbocycles. The van der Waals surface area contributed by atoms with Crippen molar-refractivity contribution in [1.29, 1.82) is 0 Å². The Hall–Kier alpha value is -4.13. The van der Waals surface area contributed by atoms with E-state index in [1.54, 1.807) is 0 Å². The lowest BCUT2D eigenvalue weighted by molar-refractivity contribution is -0.167. The molecular weight excluding hydrogens is 1550 g/mol. The standard InChI is InChI=1S/C21H41N5.C20H36N2.C19H40N2.C17H33N5.C17H29N3.C13H26N2/c1-20(2,3)17-19-18-26(23-22-19)12-10-8-7-9-11-24-13-15-25(16-14-24)21(4,5)6;1-18(2,3)11-9-7-8-10-14-22-16-17(15-21-22)20(12-13-20)19(4,5)6;1-18(2,3)12-10-8-7-9-11-13-20-14-16-21(17-15-20)19(4,5)6;1-16(2,3)13-15-14-22(19-18-15)12-9-20-7-10-21(11-8-20)17(4,5)6;1-15(2,3)9-10-17(7,8)13-20-12-14(18-19-20)11-16(4,5)6;1-11(2,3)14-7-13(8-14)9-15(10-13)12(4,5)6/h18H,7-17H2,1-6H3;15-16H,7-14H2,1-6H3;7-17H2,1-6H3;14H,7-13H2,1-6H3;12H,11,13H2,1-8H3;7-10H2,1-6H3. The molecular formula is C107H205N19. The van der Waals surface area contributed by atoms with Crippen LogP contribution in [0.25, 0.3) is 0 Å². The van der Waals surface area contributed by atoms with Gasteiger partial charge in [0, 0.05) is 198 Å². The molecule has 19 heteroatoms. The summed E-state index contributed by atoms with van der Waals surface area (Å²) in [5.74, 6) is 6.68. The first-order chi connectivity index (χ1) is 57.6. The summed E-state index contributed by atoms with van der Waals surface area (Å²) in [5, 5.41) is 30.2. The van der Waals surface area contributed by atoms with E-state index in [4.69, 9.17) is 0 Å². The van der Waals surface area contributed by atoms with Crippen molar-refractivity contribution in [3.05, 3.63) is 53.6 Å². The topological polar surface area (TPSA) is 136 Å². The van der Waals surface area contributed by atoms with Crippen LogP contribution < -0.4 is 0 Å². The van der Waals surface area contributed by atoms with Crippen molar-refractivity contribution in [2.45, 2.75) is 451 Å². The normalized spacial score (nSPS) is 18.6. The zero-order chi connectivity index (χ0) is 95.0. The average Bonchev–Trinajstić information content (AvgIpc) is 1.06. The second-order valence-corrected chi connectivity index (χ2v) is 53.5. The summed E-state index contributed by atoms with van der Waals surface area (Å²) in [7, 11) is 0. The molecule has 1 saturated carbocycles. The lowest BCUT2D eigenvalue weighted by Gasteiger charge is -2.66. The lowest BCUT2D eigenvalue weighted by atomic mass is 9.69. The van der Waals surface area contributed by atoms with E-state index in [9.17, 15) is 0 Å². The van der Waals surface area contributed by atoms with Crippen LogP contribution in [0.2, 0.25) is 0 Å². The highest BCUT2D eigenvalue weighted by molar-refractivity contribution is 5.30. The second kappa shape index (κ2) is 47.7. The van der Waals surface area contributed by atoms with Gasteiger partial charge in [-0.15, -0.1) is 15.3 Å². The van der Waals surface area contributed by atoms with Crippen molar-refractivity contribution in [1.82, 2.24) is 94.0 Å². The first-order valence-electron chi connectivity index (χ1n) is 50.7. The number of aryl methyl sites for hydroxylation is 2. The minimum Gasteiger partial charge on any atom is -0.301 e. The van der Waals surface area contributed by atoms with Gasteiger partial charge in [0.1, 0.15) is 0 Å². The van der Waals surface area contributed by atoms with Gasteiger partial charge in [0.2, 0.25) is 0 Å². The molecule has 10 rings (SSSR count). The molecule has 0 N–H and O–H groups in total. The van der Waals surface area contributed by atoms with Gasteiger partial charge in [-0.25, -0.2) is 0 Å². The molecule has 4 aromatic rings. The highest BCUT2D eigenvalue weighted by atomic mass is 15.4. The van der Waals surface area contributed by atoms with E-state index < -0.39 is 0 Å². The number of unbranched alkanes of at least 4 members (excludes halogenated alkanes) is 10. The Balaban J connectivity index is 0.000000270. The van der Waals surface area contributed by atoms with Gasteiger partial charge in [0.15, 0.2) is 0 Å². The third-order valence-corrected chi connectivity index (χ3v) is 26.3. The summed E-state index contributed by atoms with van der Waals surface area (Å²) >= 11 is 0. The second-order valence-electron chi connectivity index (χ2n) is 53.5. The van der Waals surface area contributed by atoms with Gasteiger partial charge in [0.05, 0.1) is 36.4 Å². The Morgan fingerprint density at radius 1 is 0.294 bits per heavy atom. The van der Waals surface area contributed by atoms with Gasteiger partial charge in [0.25, 0.3) is 0 Å². The number of hydrogen-bond donors (Lipinski definition) is 0. The monoisotopic (exact) mass is 1760 g/mol. The van der Waals surface area contributed by atoms with E-state index in [1.807, 2.05) is 20.2 Å². The summed E-state index contributed by atoms with van der Waals surface area (Å²) in [4.78, 5) is 20.8. The van der Waals surface area contributed by atoms with Crippen LogP contribution in [-0.4, -0.2) is 246 Å². The van der Waals surface area contributed by atoms with Crippen LogP contribution in [-0.2, 0) is 50.9 Å². The van der Waals surface area contributed by atoms with E-state index in [0.29, 0.717) is 54.8 Å². The van der Waals surface area contributed by atoms with Crippen LogP contribution in [0.4, 0.5) is 0 Å². The van der Waals surface area contributed by atoms with E-state index in [-0.39, 0.29) is 27.1 Å². The van der Waals surface area contributed by atoms with Crippen LogP contribution in [0.5, 0.6) is 0 Å². The quantitative estimate of drug-likeness (QED) is 0.0376. The smallest absolute Gasteiger partial charge is 0.0832 e. The van der Waals surface area contributed by atoms with E-state index in [2.05, 4.69) is 380 Å². The molecule has 728 valence electrons. The van der Waals surface area contributed by atoms with Crippen LogP contribution in [0.1, 0.15) is 395 Å². The molecule has 1 spiro atoms. The number of rotatable bonds is 29. The highest BCUT2D eigenvalue weighted by Crippen LogP contribution is 2.59. The molecule has 1 aliphatic carbocycles. The fraction of sp³-hybridized carbons (Fsp3) is 0.897. The molecule has 126 heavy (non-hydrogen) atoms. The number of hydrogen-bond acceptors (Lipinski definition) is 15. The van der Waals surface area contributed by atoms with Crippen LogP contribution >= 0.6 is 0 Å². The van der Waals surface area contributed by atoms with Gasteiger partial charge in [-0.05, 0) is 260 Å². The van der Waals surface area contributed by atoms with Crippen molar-refractivity contribution < 1.29 is 0 Å². The largest absolute Gasteiger partial charge is 0.301 e. The van der Waals surface area contributed by atoms with Crippen LogP contribution in [0.15, 0.2) is 31.0 Å². The Bertz CT molecular complexity index is 3660. The molecule has 0 atom stereocenters.